The Morgan fingerprint density at radius 3 is 2.58 bits per heavy atom. The quantitative estimate of drug-likeness (QED) is 0.473. The zero-order chi connectivity index (χ0) is 13.9. The molecule has 1 saturated heterocycles. The Morgan fingerprint density at radius 1 is 1.26 bits per heavy atom. The molecule has 0 bridgehead atoms. The lowest BCUT2D eigenvalue weighted by Crippen LogP contribution is -2.38. The van der Waals surface area contributed by atoms with Gasteiger partial charge in [-0.2, -0.15) is 0 Å². The minimum absolute atomic E-state index is 0.137. The van der Waals surface area contributed by atoms with Crippen LogP contribution >= 0.6 is 0 Å². The van der Waals surface area contributed by atoms with Gasteiger partial charge in [0.1, 0.15) is 0 Å². The summed E-state index contributed by atoms with van der Waals surface area (Å²) in [6.07, 6.45) is 5.23. The van der Waals surface area contributed by atoms with Crippen LogP contribution in [0.4, 0.5) is 0 Å². The van der Waals surface area contributed by atoms with Crippen LogP contribution in [0.5, 0.6) is 0 Å². The number of carbonyl (C=O) groups is 1. The lowest BCUT2D eigenvalue weighted by Gasteiger charge is -2.27. The van der Waals surface area contributed by atoms with Crippen LogP contribution in [0.3, 0.4) is 0 Å². The van der Waals surface area contributed by atoms with E-state index in [1.165, 1.54) is 12.1 Å². The molecule has 0 unspecified atom stereocenters. The lowest BCUT2D eigenvalue weighted by molar-refractivity contribution is 0.104. The summed E-state index contributed by atoms with van der Waals surface area (Å²) < 4.78 is 0. The summed E-state index contributed by atoms with van der Waals surface area (Å²) in [7, 11) is -1.12. The van der Waals surface area contributed by atoms with Gasteiger partial charge in [-0.1, -0.05) is 50.0 Å². The molecule has 0 saturated carbocycles. The van der Waals surface area contributed by atoms with Crippen molar-refractivity contribution >= 4 is 13.9 Å². The smallest absolute Gasteiger partial charge is 0.187 e. The van der Waals surface area contributed by atoms with E-state index in [2.05, 4.69) is 24.5 Å². The predicted molar refractivity (Wildman–Crippen MR) is 83.0 cm³/mol. The van der Waals surface area contributed by atoms with E-state index in [1.54, 1.807) is 0 Å². The summed E-state index contributed by atoms with van der Waals surface area (Å²) in [6, 6.07) is 9.55. The molecule has 1 fully saturated rings. The zero-order valence-corrected chi connectivity index (χ0v) is 13.1. The Morgan fingerprint density at radius 2 is 1.95 bits per heavy atom. The summed E-state index contributed by atoms with van der Waals surface area (Å²) in [5.74, 6) is 0.137. The van der Waals surface area contributed by atoms with Gasteiger partial charge in [0.15, 0.2) is 5.78 Å². The molecular weight excluding hydrogens is 250 g/mol. The number of hydrogen-bond donors (Lipinski definition) is 0. The van der Waals surface area contributed by atoms with E-state index in [0.29, 0.717) is 0 Å². The third-order valence-electron chi connectivity index (χ3n) is 3.29. The summed E-state index contributed by atoms with van der Waals surface area (Å²) in [5.41, 5.74) is 2.02. The summed E-state index contributed by atoms with van der Waals surface area (Å²) in [5, 5.41) is 0. The second kappa shape index (κ2) is 5.74. The minimum atomic E-state index is -1.12. The lowest BCUT2D eigenvalue weighted by atomic mass is 10.1. The topological polar surface area (TPSA) is 20.3 Å². The highest BCUT2D eigenvalue weighted by Gasteiger charge is 2.24. The normalized spacial score (nSPS) is 18.1. The van der Waals surface area contributed by atoms with Crippen LogP contribution in [-0.2, 0) is 0 Å². The van der Waals surface area contributed by atoms with Gasteiger partial charge in [0.25, 0.3) is 0 Å². The first-order valence-electron chi connectivity index (χ1n) is 7.01. The Kier molecular flexibility index (Phi) is 4.25. The molecule has 19 heavy (non-hydrogen) atoms. The van der Waals surface area contributed by atoms with Gasteiger partial charge in [0, 0.05) is 30.0 Å². The minimum Gasteiger partial charge on any atom is -0.378 e. The van der Waals surface area contributed by atoms with E-state index >= 15 is 0 Å². The summed E-state index contributed by atoms with van der Waals surface area (Å²) in [4.78, 5) is 14.6. The number of benzene rings is 1. The van der Waals surface area contributed by atoms with E-state index in [0.717, 1.165) is 24.7 Å². The molecule has 1 aliphatic rings. The standard InChI is InChI=1S/C16H23NOSi/c1-19(2,3)13-17-11-7-10-15(17)12-16(18)14-8-5-4-6-9-14/h4-6,8-9,12H,7,10-11,13H2,1-3H3/b15-12-. The summed E-state index contributed by atoms with van der Waals surface area (Å²) in [6.45, 7) is 8.24. The first kappa shape index (κ1) is 14.1. The van der Waals surface area contributed by atoms with Gasteiger partial charge in [-0.15, -0.1) is 0 Å². The molecule has 0 amide bonds. The van der Waals surface area contributed by atoms with Crippen LogP contribution < -0.4 is 0 Å². The molecule has 1 aromatic rings. The highest BCUT2D eigenvalue weighted by atomic mass is 28.3. The maximum Gasteiger partial charge on any atom is 0.187 e. The molecule has 1 aromatic carbocycles. The van der Waals surface area contributed by atoms with Gasteiger partial charge >= 0.3 is 0 Å². The molecule has 0 spiro atoms. The van der Waals surface area contributed by atoms with E-state index in [9.17, 15) is 4.79 Å². The molecule has 1 aliphatic heterocycles. The second-order valence-corrected chi connectivity index (χ2v) is 11.9. The fourth-order valence-electron chi connectivity index (χ4n) is 2.51. The molecule has 0 N–H and O–H groups in total. The van der Waals surface area contributed by atoms with Crippen molar-refractivity contribution in [2.45, 2.75) is 32.5 Å². The number of ketones is 1. The first-order valence-corrected chi connectivity index (χ1v) is 10.7. The van der Waals surface area contributed by atoms with Crippen molar-refractivity contribution in [3.63, 3.8) is 0 Å². The molecule has 2 rings (SSSR count). The van der Waals surface area contributed by atoms with Crippen molar-refractivity contribution in [2.75, 3.05) is 12.7 Å². The Hall–Kier alpha value is -1.35. The highest BCUT2D eigenvalue weighted by Crippen LogP contribution is 2.23. The van der Waals surface area contributed by atoms with Crippen molar-refractivity contribution in [3.8, 4) is 0 Å². The van der Waals surface area contributed by atoms with Crippen LogP contribution in [0.25, 0.3) is 0 Å². The van der Waals surface area contributed by atoms with Gasteiger partial charge in [0.2, 0.25) is 0 Å². The van der Waals surface area contributed by atoms with Crippen LogP contribution in [0.2, 0.25) is 19.6 Å². The van der Waals surface area contributed by atoms with Gasteiger partial charge in [-0.25, -0.2) is 0 Å². The number of nitrogens with zero attached hydrogens (tertiary/aromatic N) is 1. The van der Waals surface area contributed by atoms with Gasteiger partial charge in [-0.3, -0.25) is 4.79 Å². The van der Waals surface area contributed by atoms with Crippen molar-refractivity contribution < 1.29 is 4.79 Å². The van der Waals surface area contributed by atoms with Gasteiger partial charge in [0.05, 0.1) is 8.07 Å². The maximum atomic E-state index is 12.2. The largest absolute Gasteiger partial charge is 0.378 e. The fraction of sp³-hybridized carbons (Fsp3) is 0.438. The maximum absolute atomic E-state index is 12.2. The van der Waals surface area contributed by atoms with E-state index < -0.39 is 8.07 Å². The van der Waals surface area contributed by atoms with Crippen LogP contribution in [0, 0.1) is 0 Å². The first-order chi connectivity index (χ1) is 8.96. The molecule has 3 heteroatoms. The molecule has 0 radical (unpaired) electrons. The number of hydrogen-bond acceptors (Lipinski definition) is 2. The van der Waals surface area contributed by atoms with Crippen molar-refractivity contribution in [3.05, 3.63) is 47.7 Å². The van der Waals surface area contributed by atoms with Gasteiger partial charge < -0.3 is 4.90 Å². The number of allylic oxidation sites excluding steroid dienone is 2. The van der Waals surface area contributed by atoms with E-state index in [1.807, 2.05) is 36.4 Å². The van der Waals surface area contributed by atoms with Gasteiger partial charge in [-0.05, 0) is 12.8 Å². The Balaban J connectivity index is 2.12. The Labute approximate surface area is 117 Å². The van der Waals surface area contributed by atoms with Crippen LogP contribution in [0.15, 0.2) is 42.1 Å². The molecule has 0 aromatic heterocycles. The number of carbonyl (C=O) groups excluding carboxylic acids is 1. The molecule has 1 heterocycles. The molecular formula is C16H23NOSi. The molecule has 0 aliphatic carbocycles. The van der Waals surface area contributed by atoms with Crippen LogP contribution in [-0.4, -0.2) is 31.5 Å². The van der Waals surface area contributed by atoms with Crippen LogP contribution in [0.1, 0.15) is 23.2 Å². The Bertz CT molecular complexity index is 473. The van der Waals surface area contributed by atoms with Crippen molar-refractivity contribution in [1.29, 1.82) is 0 Å². The second-order valence-electron chi connectivity index (χ2n) is 6.45. The predicted octanol–water partition coefficient (Wildman–Crippen LogP) is 3.73. The monoisotopic (exact) mass is 273 g/mol. The number of likely N-dealkylation sites (tertiary alicyclic amines) is 1. The third kappa shape index (κ3) is 4.06. The number of rotatable bonds is 4. The third-order valence-corrected chi connectivity index (χ3v) is 4.62. The average molecular weight is 273 g/mol. The van der Waals surface area contributed by atoms with E-state index in [4.69, 9.17) is 0 Å². The highest BCUT2D eigenvalue weighted by molar-refractivity contribution is 6.76. The molecule has 0 atom stereocenters. The van der Waals surface area contributed by atoms with Crippen molar-refractivity contribution in [1.82, 2.24) is 4.90 Å². The van der Waals surface area contributed by atoms with E-state index in [-0.39, 0.29) is 5.78 Å². The fourth-order valence-corrected chi connectivity index (χ4v) is 4.01. The average Bonchev–Trinajstić information content (AvgIpc) is 2.75. The summed E-state index contributed by atoms with van der Waals surface area (Å²) >= 11 is 0. The molecule has 102 valence electrons. The SMILES string of the molecule is C[Si](C)(C)CN1CCC/C1=C/C(=O)c1ccccc1. The zero-order valence-electron chi connectivity index (χ0n) is 12.1. The van der Waals surface area contributed by atoms with Crippen molar-refractivity contribution in [2.24, 2.45) is 0 Å². The molecule has 2 nitrogen and oxygen atoms in total.